The van der Waals surface area contributed by atoms with Crippen molar-refractivity contribution in [2.45, 2.75) is 51.4 Å². The number of hydrogen-bond acceptors (Lipinski definition) is 4. The van der Waals surface area contributed by atoms with Gasteiger partial charge in [-0.1, -0.05) is 19.3 Å². The molecule has 2 heterocycles. The summed E-state index contributed by atoms with van der Waals surface area (Å²) in [5.74, 6) is 0.124. The van der Waals surface area contributed by atoms with E-state index in [9.17, 15) is 4.79 Å². The van der Waals surface area contributed by atoms with Crippen LogP contribution in [0.15, 0.2) is 5.38 Å². The Hall–Kier alpha value is -0.940. The summed E-state index contributed by atoms with van der Waals surface area (Å²) >= 11 is 1.55. The molecule has 1 aromatic heterocycles. The van der Waals surface area contributed by atoms with Crippen LogP contribution in [0.4, 0.5) is 0 Å². The van der Waals surface area contributed by atoms with Gasteiger partial charge >= 0.3 is 0 Å². The van der Waals surface area contributed by atoms with Gasteiger partial charge in [0.15, 0.2) is 0 Å². The van der Waals surface area contributed by atoms with Crippen LogP contribution in [0.5, 0.6) is 0 Å². The van der Waals surface area contributed by atoms with Gasteiger partial charge in [0.1, 0.15) is 5.69 Å². The number of thiazole rings is 1. The molecule has 2 aliphatic rings. The summed E-state index contributed by atoms with van der Waals surface area (Å²) < 4.78 is 0. The van der Waals surface area contributed by atoms with Crippen molar-refractivity contribution in [3.8, 4) is 0 Å². The second kappa shape index (κ2) is 6.44. The smallest absolute Gasteiger partial charge is 0.273 e. The Labute approximate surface area is 130 Å². The SMILES string of the molecule is NCCc1nc(C(=O)N2CCCC3(CCCCC3)C2)cs1. The number of hydrogen-bond donors (Lipinski definition) is 1. The lowest BCUT2D eigenvalue weighted by Gasteiger charge is -2.45. The Morgan fingerprint density at radius 3 is 2.81 bits per heavy atom. The second-order valence-electron chi connectivity index (χ2n) is 6.56. The van der Waals surface area contributed by atoms with Gasteiger partial charge in [0.25, 0.3) is 5.91 Å². The quantitative estimate of drug-likeness (QED) is 0.934. The zero-order valence-corrected chi connectivity index (χ0v) is 13.5. The molecule has 0 bridgehead atoms. The van der Waals surface area contributed by atoms with Crippen LogP contribution in [-0.4, -0.2) is 35.4 Å². The summed E-state index contributed by atoms with van der Waals surface area (Å²) in [5.41, 5.74) is 6.58. The van der Waals surface area contributed by atoms with Crippen molar-refractivity contribution < 1.29 is 4.79 Å². The van der Waals surface area contributed by atoms with Crippen molar-refractivity contribution in [2.75, 3.05) is 19.6 Å². The molecule has 3 rings (SSSR count). The Balaban J connectivity index is 1.68. The minimum Gasteiger partial charge on any atom is -0.337 e. The molecule has 4 nitrogen and oxygen atoms in total. The third-order valence-electron chi connectivity index (χ3n) is 4.99. The number of rotatable bonds is 3. The van der Waals surface area contributed by atoms with Crippen LogP contribution in [-0.2, 0) is 6.42 Å². The van der Waals surface area contributed by atoms with Crippen LogP contribution >= 0.6 is 11.3 Å². The first-order chi connectivity index (χ1) is 10.2. The van der Waals surface area contributed by atoms with E-state index in [1.54, 1.807) is 11.3 Å². The van der Waals surface area contributed by atoms with Gasteiger partial charge in [0.2, 0.25) is 0 Å². The maximum absolute atomic E-state index is 12.7. The zero-order chi connectivity index (χ0) is 14.7. The first-order valence-electron chi connectivity index (χ1n) is 8.16. The monoisotopic (exact) mass is 307 g/mol. The largest absolute Gasteiger partial charge is 0.337 e. The molecular formula is C16H25N3OS. The highest BCUT2D eigenvalue weighted by Gasteiger charge is 2.38. The van der Waals surface area contributed by atoms with Crippen LogP contribution < -0.4 is 5.73 Å². The molecule has 21 heavy (non-hydrogen) atoms. The summed E-state index contributed by atoms with van der Waals surface area (Å²) in [4.78, 5) is 19.2. The highest BCUT2D eigenvalue weighted by atomic mass is 32.1. The number of piperidine rings is 1. The lowest BCUT2D eigenvalue weighted by Crippen LogP contribution is -2.47. The molecule has 1 aliphatic heterocycles. The standard InChI is InChI=1S/C16H25N3OS/c17-9-5-14-18-13(11-21-14)15(20)19-10-4-8-16(12-19)6-2-1-3-7-16/h11H,1-10,12,17H2. The van der Waals surface area contributed by atoms with Crippen LogP contribution in [0.25, 0.3) is 0 Å². The molecule has 1 spiro atoms. The molecule has 0 aromatic carbocycles. The fraction of sp³-hybridized carbons (Fsp3) is 0.750. The number of likely N-dealkylation sites (tertiary alicyclic amines) is 1. The van der Waals surface area contributed by atoms with Crippen LogP contribution in [0.1, 0.15) is 60.4 Å². The Bertz CT molecular complexity index is 488. The summed E-state index contributed by atoms with van der Waals surface area (Å²) in [6.07, 6.45) is 9.83. The van der Waals surface area contributed by atoms with E-state index in [0.29, 0.717) is 17.7 Å². The Morgan fingerprint density at radius 2 is 2.05 bits per heavy atom. The summed E-state index contributed by atoms with van der Waals surface area (Å²) in [7, 11) is 0. The molecular weight excluding hydrogens is 282 g/mol. The molecule has 2 N–H and O–H groups in total. The van der Waals surface area contributed by atoms with Gasteiger partial charge in [-0.25, -0.2) is 4.98 Å². The molecule has 0 atom stereocenters. The average molecular weight is 307 g/mol. The summed E-state index contributed by atoms with van der Waals surface area (Å²) in [6, 6.07) is 0. The van der Waals surface area contributed by atoms with Gasteiger partial charge in [-0.3, -0.25) is 4.79 Å². The molecule has 1 aromatic rings. The number of carbonyl (C=O) groups excluding carboxylic acids is 1. The fourth-order valence-corrected chi connectivity index (χ4v) is 4.69. The summed E-state index contributed by atoms with van der Waals surface area (Å²) in [6.45, 7) is 2.42. The minimum atomic E-state index is 0.124. The van der Waals surface area contributed by atoms with E-state index < -0.39 is 0 Å². The topological polar surface area (TPSA) is 59.2 Å². The maximum Gasteiger partial charge on any atom is 0.273 e. The van der Waals surface area contributed by atoms with Crippen molar-refractivity contribution >= 4 is 17.2 Å². The van der Waals surface area contributed by atoms with Gasteiger partial charge in [-0.15, -0.1) is 11.3 Å². The molecule has 1 saturated carbocycles. The van der Waals surface area contributed by atoms with Gasteiger partial charge in [-0.2, -0.15) is 0 Å². The van der Waals surface area contributed by atoms with Gasteiger partial charge in [0.05, 0.1) is 5.01 Å². The molecule has 0 radical (unpaired) electrons. The average Bonchev–Trinajstić information content (AvgIpc) is 2.96. The maximum atomic E-state index is 12.7. The predicted molar refractivity (Wildman–Crippen MR) is 85.5 cm³/mol. The zero-order valence-electron chi connectivity index (χ0n) is 12.6. The second-order valence-corrected chi connectivity index (χ2v) is 7.50. The van der Waals surface area contributed by atoms with Crippen molar-refractivity contribution in [3.63, 3.8) is 0 Å². The number of carbonyl (C=O) groups is 1. The Kier molecular flexibility index (Phi) is 4.60. The van der Waals surface area contributed by atoms with E-state index in [1.165, 1.54) is 38.5 Å². The number of aromatic nitrogens is 1. The lowest BCUT2D eigenvalue weighted by atomic mass is 9.69. The first kappa shape index (κ1) is 15.0. The first-order valence-corrected chi connectivity index (χ1v) is 9.04. The number of nitrogens with two attached hydrogens (primary N) is 1. The van der Waals surface area contributed by atoms with Crippen LogP contribution in [0.2, 0.25) is 0 Å². The summed E-state index contributed by atoms with van der Waals surface area (Å²) in [5, 5.41) is 2.88. The van der Waals surface area contributed by atoms with E-state index in [2.05, 4.69) is 9.88 Å². The van der Waals surface area contributed by atoms with Crippen molar-refractivity contribution in [3.05, 3.63) is 16.1 Å². The molecule has 2 fully saturated rings. The fourth-order valence-electron chi connectivity index (χ4n) is 3.90. The van der Waals surface area contributed by atoms with E-state index in [1.807, 2.05) is 5.38 Å². The van der Waals surface area contributed by atoms with Gasteiger partial charge in [0, 0.05) is 24.9 Å². The van der Waals surface area contributed by atoms with E-state index >= 15 is 0 Å². The third-order valence-corrected chi connectivity index (χ3v) is 5.90. The number of nitrogens with zero attached hydrogens (tertiary/aromatic N) is 2. The molecule has 5 heteroatoms. The third kappa shape index (κ3) is 3.29. The molecule has 1 aliphatic carbocycles. The van der Waals surface area contributed by atoms with Crippen molar-refractivity contribution in [2.24, 2.45) is 11.1 Å². The van der Waals surface area contributed by atoms with E-state index in [-0.39, 0.29) is 5.91 Å². The van der Waals surface area contributed by atoms with Crippen LogP contribution in [0.3, 0.4) is 0 Å². The highest BCUT2D eigenvalue weighted by Crippen LogP contribution is 2.43. The Morgan fingerprint density at radius 1 is 1.29 bits per heavy atom. The lowest BCUT2D eigenvalue weighted by molar-refractivity contribution is 0.0380. The van der Waals surface area contributed by atoms with Gasteiger partial charge < -0.3 is 10.6 Å². The van der Waals surface area contributed by atoms with Crippen molar-refractivity contribution in [1.82, 2.24) is 9.88 Å². The van der Waals surface area contributed by atoms with E-state index in [0.717, 1.165) is 30.9 Å². The van der Waals surface area contributed by atoms with Crippen molar-refractivity contribution in [1.29, 1.82) is 0 Å². The molecule has 0 unspecified atom stereocenters. The molecule has 1 saturated heterocycles. The minimum absolute atomic E-state index is 0.124. The number of amides is 1. The normalized spacial score (nSPS) is 21.7. The van der Waals surface area contributed by atoms with E-state index in [4.69, 9.17) is 5.73 Å². The molecule has 1 amide bonds. The van der Waals surface area contributed by atoms with Gasteiger partial charge in [-0.05, 0) is 37.6 Å². The van der Waals surface area contributed by atoms with Crippen LogP contribution in [0, 0.1) is 5.41 Å². The highest BCUT2D eigenvalue weighted by molar-refractivity contribution is 7.09. The molecule has 116 valence electrons. The predicted octanol–water partition coefficient (Wildman–Crippen LogP) is 2.83.